The van der Waals surface area contributed by atoms with Crippen molar-refractivity contribution in [3.05, 3.63) is 66.0 Å². The minimum atomic E-state index is -0.720. The number of hydroxylamine groups is 2. The van der Waals surface area contributed by atoms with E-state index in [-0.39, 0.29) is 29.4 Å². The first-order chi connectivity index (χ1) is 19.2. The summed E-state index contributed by atoms with van der Waals surface area (Å²) in [5, 5.41) is 16.5. The molecule has 0 radical (unpaired) electrons. The van der Waals surface area contributed by atoms with Gasteiger partial charge in [0.2, 0.25) is 5.91 Å². The molecule has 2 rings (SSSR count). The summed E-state index contributed by atoms with van der Waals surface area (Å²) in [4.78, 5) is 54.5. The molecule has 0 aliphatic rings. The van der Waals surface area contributed by atoms with Crippen LogP contribution in [0.4, 0.5) is 0 Å². The third-order valence-corrected chi connectivity index (χ3v) is 6.48. The number of nitrogens with zero attached hydrogens (tertiary/aromatic N) is 2. The van der Waals surface area contributed by atoms with E-state index in [0.717, 1.165) is 24.3 Å². The Morgan fingerprint density at radius 1 is 1.02 bits per heavy atom. The van der Waals surface area contributed by atoms with Crippen molar-refractivity contribution in [2.45, 2.75) is 52.0 Å². The van der Waals surface area contributed by atoms with Gasteiger partial charge in [0, 0.05) is 11.8 Å². The Morgan fingerprint density at radius 2 is 1.73 bits per heavy atom. The van der Waals surface area contributed by atoms with Crippen molar-refractivity contribution in [2.24, 2.45) is 5.92 Å². The van der Waals surface area contributed by atoms with Crippen LogP contribution in [-0.2, 0) is 14.3 Å². The first kappa shape index (κ1) is 32.0. The average Bonchev–Trinajstić information content (AvgIpc) is 2.99. The van der Waals surface area contributed by atoms with Gasteiger partial charge < -0.3 is 20.1 Å². The Kier molecular flexibility index (Phi) is 12.8. The van der Waals surface area contributed by atoms with Gasteiger partial charge in [-0.2, -0.15) is 0 Å². The molecule has 1 aromatic heterocycles. The molecule has 0 saturated carbocycles. The number of esters is 2. The summed E-state index contributed by atoms with van der Waals surface area (Å²) in [5.41, 5.74) is 0.990. The minimum Gasteiger partial charge on any atom is -0.465 e. The smallest absolute Gasteiger partial charge is 0.338 e. The number of unbranched alkanes of at least 4 members (excludes halogenated alkanes) is 2. The molecule has 11 nitrogen and oxygen atoms in total. The molecular weight excluding hydrogens is 516 g/mol. The molecule has 2 aromatic rings. The maximum atomic E-state index is 13.0. The van der Waals surface area contributed by atoms with Crippen LogP contribution in [0.25, 0.3) is 11.3 Å². The number of rotatable bonds is 15. The van der Waals surface area contributed by atoms with Crippen molar-refractivity contribution in [1.29, 1.82) is 0 Å². The third-order valence-electron chi connectivity index (χ3n) is 6.48. The van der Waals surface area contributed by atoms with Crippen LogP contribution >= 0.6 is 0 Å². The van der Waals surface area contributed by atoms with Gasteiger partial charge in [0.05, 0.1) is 49.7 Å². The molecule has 0 bridgehead atoms. The van der Waals surface area contributed by atoms with Crippen LogP contribution in [0, 0.1) is 5.92 Å². The molecular formula is C29H38N4O7. The van der Waals surface area contributed by atoms with E-state index in [1.807, 2.05) is 6.92 Å². The number of carbonyl (C=O) groups excluding carboxylic acids is 4. The van der Waals surface area contributed by atoms with E-state index in [1.165, 1.54) is 38.6 Å². The summed E-state index contributed by atoms with van der Waals surface area (Å²) in [7, 11) is 2.41. The van der Waals surface area contributed by atoms with E-state index in [9.17, 15) is 24.4 Å². The van der Waals surface area contributed by atoms with E-state index in [4.69, 9.17) is 9.47 Å². The Labute approximate surface area is 234 Å². The van der Waals surface area contributed by atoms with Gasteiger partial charge >= 0.3 is 11.9 Å². The Morgan fingerprint density at radius 3 is 2.35 bits per heavy atom. The fourth-order valence-electron chi connectivity index (χ4n) is 4.33. The van der Waals surface area contributed by atoms with Crippen LogP contribution in [0.3, 0.4) is 0 Å². The van der Waals surface area contributed by atoms with Gasteiger partial charge in [-0.1, -0.05) is 51.8 Å². The molecule has 2 amide bonds. The molecule has 2 atom stereocenters. The second-order valence-corrected chi connectivity index (χ2v) is 9.02. The second kappa shape index (κ2) is 16.0. The van der Waals surface area contributed by atoms with Crippen LogP contribution in [-0.4, -0.2) is 65.9 Å². The zero-order valence-corrected chi connectivity index (χ0v) is 23.4. The van der Waals surface area contributed by atoms with E-state index in [1.54, 1.807) is 18.2 Å². The number of pyridine rings is 1. The zero-order valence-electron chi connectivity index (χ0n) is 23.4. The summed E-state index contributed by atoms with van der Waals surface area (Å²) in [5.74, 6) is -2.71. The van der Waals surface area contributed by atoms with Gasteiger partial charge in [-0.25, -0.2) is 14.6 Å². The average molecular weight is 555 g/mol. The summed E-state index contributed by atoms with van der Waals surface area (Å²) in [6.07, 6.45) is 5.20. The number of nitrogens with one attached hydrogen (secondary N) is 2. The topological polar surface area (TPSA) is 147 Å². The summed E-state index contributed by atoms with van der Waals surface area (Å²) in [6.45, 7) is 7.41. The molecule has 11 heteroatoms. The van der Waals surface area contributed by atoms with Gasteiger partial charge in [-0.15, -0.1) is 0 Å². The van der Waals surface area contributed by atoms with E-state index >= 15 is 0 Å². The molecule has 0 fully saturated rings. The predicted octanol–water partition coefficient (Wildman–Crippen LogP) is 3.94. The number of carbonyl (C=O) groups is 4. The van der Waals surface area contributed by atoms with Crippen molar-refractivity contribution in [3.63, 3.8) is 0 Å². The number of ether oxygens (including phenoxy) is 2. The summed E-state index contributed by atoms with van der Waals surface area (Å²) >= 11 is 0. The standard InChI is InChI=1S/C29H38N4O7/c1-6-9-10-12-21(25(7-2)33(38)8-3)26(34)30-18-31-27(35)24-14-11-13-23(32-24)19-15-16-20(28(36)39-4)22(17-19)29(37)40-5/h8,11,13-17,21,25,38H,3,6-7,9-10,12,18H2,1-2,4-5H3,(H,30,34)(H,31,35)/t21-,25-/m1/s1. The van der Waals surface area contributed by atoms with E-state index in [2.05, 4.69) is 29.1 Å². The Bertz CT molecular complexity index is 1200. The van der Waals surface area contributed by atoms with E-state index < -0.39 is 29.8 Å². The first-order valence-electron chi connectivity index (χ1n) is 13.2. The van der Waals surface area contributed by atoms with E-state index in [0.29, 0.717) is 24.1 Å². The van der Waals surface area contributed by atoms with Crippen LogP contribution in [0.2, 0.25) is 0 Å². The van der Waals surface area contributed by atoms with Crippen molar-refractivity contribution in [3.8, 4) is 11.3 Å². The minimum absolute atomic E-state index is 0.00277. The lowest BCUT2D eigenvalue weighted by atomic mass is 9.90. The molecule has 0 unspecified atom stereocenters. The van der Waals surface area contributed by atoms with Gasteiger partial charge in [-0.05, 0) is 37.1 Å². The second-order valence-electron chi connectivity index (χ2n) is 9.02. The van der Waals surface area contributed by atoms with Crippen LogP contribution < -0.4 is 10.6 Å². The predicted molar refractivity (Wildman–Crippen MR) is 148 cm³/mol. The quantitative estimate of drug-likeness (QED) is 0.129. The molecule has 0 aliphatic heterocycles. The molecule has 0 aliphatic carbocycles. The van der Waals surface area contributed by atoms with Crippen molar-refractivity contribution >= 4 is 23.8 Å². The highest BCUT2D eigenvalue weighted by molar-refractivity contribution is 6.04. The number of aromatic nitrogens is 1. The van der Waals surface area contributed by atoms with Gasteiger partial charge in [0.1, 0.15) is 5.69 Å². The zero-order chi connectivity index (χ0) is 29.7. The normalized spacial score (nSPS) is 12.0. The molecule has 40 heavy (non-hydrogen) atoms. The number of benzene rings is 1. The van der Waals surface area contributed by atoms with Crippen LogP contribution in [0.15, 0.2) is 49.2 Å². The highest BCUT2D eigenvalue weighted by Gasteiger charge is 2.29. The molecule has 3 N–H and O–H groups in total. The van der Waals surface area contributed by atoms with Gasteiger partial charge in [0.25, 0.3) is 5.91 Å². The number of hydrogen-bond acceptors (Lipinski definition) is 9. The number of hydrogen-bond donors (Lipinski definition) is 3. The molecule has 0 saturated heterocycles. The Hall–Kier alpha value is -4.25. The van der Waals surface area contributed by atoms with Crippen molar-refractivity contribution < 1.29 is 33.9 Å². The largest absolute Gasteiger partial charge is 0.465 e. The SMILES string of the molecule is C=CN(O)[C@H](CC)[C@@H](CCCCC)C(=O)NCNC(=O)c1cccc(-c2ccc(C(=O)OC)c(C(=O)OC)c2)n1. The van der Waals surface area contributed by atoms with Crippen molar-refractivity contribution in [1.82, 2.24) is 20.7 Å². The maximum Gasteiger partial charge on any atom is 0.338 e. The molecule has 216 valence electrons. The molecule has 0 spiro atoms. The lowest BCUT2D eigenvalue weighted by Crippen LogP contribution is -2.46. The van der Waals surface area contributed by atoms with Gasteiger partial charge in [0.15, 0.2) is 0 Å². The molecule has 1 heterocycles. The summed E-state index contributed by atoms with van der Waals surface area (Å²) in [6, 6.07) is 8.81. The lowest BCUT2D eigenvalue weighted by Gasteiger charge is -2.30. The van der Waals surface area contributed by atoms with Gasteiger partial charge in [-0.3, -0.25) is 19.9 Å². The number of amides is 2. The Balaban J connectivity index is 2.15. The fraction of sp³-hybridized carbons (Fsp3) is 0.414. The highest BCUT2D eigenvalue weighted by Crippen LogP contribution is 2.23. The number of methoxy groups -OCH3 is 2. The maximum absolute atomic E-state index is 13.0. The molecule has 1 aromatic carbocycles. The monoisotopic (exact) mass is 554 g/mol. The van der Waals surface area contributed by atoms with Crippen LogP contribution in [0.5, 0.6) is 0 Å². The first-order valence-corrected chi connectivity index (χ1v) is 13.2. The van der Waals surface area contributed by atoms with Crippen LogP contribution in [0.1, 0.15) is 77.2 Å². The van der Waals surface area contributed by atoms with Crippen molar-refractivity contribution in [2.75, 3.05) is 20.9 Å². The summed E-state index contributed by atoms with van der Waals surface area (Å²) < 4.78 is 9.52. The third kappa shape index (κ3) is 8.37. The highest BCUT2D eigenvalue weighted by atomic mass is 16.5. The fourth-order valence-corrected chi connectivity index (χ4v) is 4.33. The lowest BCUT2D eigenvalue weighted by molar-refractivity contribution is -0.138.